The molecule has 0 heterocycles. The zero-order valence-electron chi connectivity index (χ0n) is 21.5. The van der Waals surface area contributed by atoms with E-state index in [0.717, 1.165) is 16.7 Å². The van der Waals surface area contributed by atoms with E-state index in [1.165, 1.54) is 6.07 Å². The van der Waals surface area contributed by atoms with E-state index in [4.69, 9.17) is 11.5 Å². The molecule has 0 aliphatic rings. The Morgan fingerprint density at radius 2 is 1.56 bits per heavy atom. The van der Waals surface area contributed by atoms with Gasteiger partial charge in [-0.3, -0.25) is 9.59 Å². The first-order valence-electron chi connectivity index (χ1n) is 12.4. The highest BCUT2D eigenvalue weighted by molar-refractivity contribution is 5.92. The lowest BCUT2D eigenvalue weighted by molar-refractivity contribution is -0.485. The summed E-state index contributed by atoms with van der Waals surface area (Å²) in [4.78, 5) is 37.6. The molecule has 204 valence electrons. The Hall–Kier alpha value is -4.77. The Kier molecular flexibility index (Phi) is 10.1. The maximum Gasteiger partial charge on any atom is 0.242 e. The van der Waals surface area contributed by atoms with E-state index in [9.17, 15) is 24.8 Å². The van der Waals surface area contributed by atoms with Crippen LogP contribution in [0.3, 0.4) is 0 Å². The van der Waals surface area contributed by atoms with Crippen LogP contribution in [0.25, 0.3) is 0 Å². The van der Waals surface area contributed by atoms with Gasteiger partial charge < -0.3 is 27.2 Å². The summed E-state index contributed by atoms with van der Waals surface area (Å²) >= 11 is 0. The van der Waals surface area contributed by atoms with Crippen LogP contribution in [0.15, 0.2) is 84.0 Å². The summed E-state index contributed by atoms with van der Waals surface area (Å²) in [5, 5.41) is 28.2. The third-order valence-electron chi connectivity index (χ3n) is 6.23. The van der Waals surface area contributed by atoms with Gasteiger partial charge in [-0.05, 0) is 48.1 Å². The Morgan fingerprint density at radius 3 is 2.10 bits per heavy atom. The summed E-state index contributed by atoms with van der Waals surface area (Å²) in [5.74, 6) is -1.78. The fourth-order valence-electron chi connectivity index (χ4n) is 4.11. The molecule has 3 rings (SSSR count). The lowest BCUT2D eigenvalue weighted by Crippen LogP contribution is -2.49. The molecule has 2 atom stereocenters. The van der Waals surface area contributed by atoms with Crippen molar-refractivity contribution < 1.29 is 19.7 Å². The van der Waals surface area contributed by atoms with Crippen LogP contribution >= 0.6 is 0 Å². The summed E-state index contributed by atoms with van der Waals surface area (Å²) < 4.78 is 0. The lowest BCUT2D eigenvalue weighted by Gasteiger charge is -2.24. The molecule has 0 bridgehead atoms. The summed E-state index contributed by atoms with van der Waals surface area (Å²) in [6, 6.07) is 21.3. The highest BCUT2D eigenvalue weighted by Gasteiger charge is 2.28. The molecule has 0 aliphatic heterocycles. The molecule has 0 aliphatic carbocycles. The first-order chi connectivity index (χ1) is 18.7. The molecule has 11 nitrogen and oxygen atoms in total. The van der Waals surface area contributed by atoms with Gasteiger partial charge in [0.1, 0.15) is 11.8 Å². The summed E-state index contributed by atoms with van der Waals surface area (Å²) in [7, 11) is 0. The summed E-state index contributed by atoms with van der Waals surface area (Å²) in [6.45, 7) is 1.90. The number of hydrogen-bond donors (Lipinski definition) is 5. The fourth-order valence-corrected chi connectivity index (χ4v) is 4.11. The highest BCUT2D eigenvalue weighted by atomic mass is 16.7. The minimum atomic E-state index is -1.01. The van der Waals surface area contributed by atoms with Gasteiger partial charge in [-0.2, -0.15) is 0 Å². The average molecular weight is 533 g/mol. The normalized spacial score (nSPS) is 12.9. The predicted octanol–water partition coefficient (Wildman–Crippen LogP) is 2.29. The van der Waals surface area contributed by atoms with Crippen LogP contribution in [0.4, 0.5) is 0 Å². The SMILES string of the molecule is Cc1cc(CNC(=O)C(CCC(N)/C(N)=N\[N+](=O)[O-])NC(=O)C(c2ccccc2)c2ccccc2)ccc1O. The predicted molar refractivity (Wildman–Crippen MR) is 147 cm³/mol. The third-order valence-corrected chi connectivity index (χ3v) is 6.23. The van der Waals surface area contributed by atoms with Gasteiger partial charge in [0.15, 0.2) is 10.9 Å². The number of amides is 2. The smallest absolute Gasteiger partial charge is 0.242 e. The van der Waals surface area contributed by atoms with Gasteiger partial charge in [0, 0.05) is 6.54 Å². The monoisotopic (exact) mass is 532 g/mol. The molecule has 11 heteroatoms. The number of benzene rings is 3. The largest absolute Gasteiger partial charge is 0.508 e. The van der Waals surface area contributed by atoms with Gasteiger partial charge in [-0.15, -0.1) is 0 Å². The molecular weight excluding hydrogens is 500 g/mol. The van der Waals surface area contributed by atoms with Crippen LogP contribution in [0.1, 0.15) is 41.0 Å². The molecule has 0 radical (unpaired) electrons. The molecule has 0 spiro atoms. The second kappa shape index (κ2) is 13.7. The number of aromatic hydroxyl groups is 1. The van der Waals surface area contributed by atoms with Gasteiger partial charge in [0.05, 0.1) is 17.1 Å². The molecule has 39 heavy (non-hydrogen) atoms. The quantitative estimate of drug-likeness (QED) is 0.102. The molecule has 0 saturated carbocycles. The Bertz CT molecular complexity index is 1280. The number of rotatable bonds is 12. The zero-order chi connectivity index (χ0) is 28.4. The van der Waals surface area contributed by atoms with Crippen molar-refractivity contribution >= 4 is 17.6 Å². The summed E-state index contributed by atoms with van der Waals surface area (Å²) in [6.07, 6.45) is 0.110. The van der Waals surface area contributed by atoms with Crippen molar-refractivity contribution in [3.63, 3.8) is 0 Å². The standard InChI is InChI=1S/C28H32N6O5/c1-18-16-19(12-15-24(18)35)17-31-27(36)23(14-13-22(29)26(30)33-34(38)39)32-28(37)25(20-8-4-2-5-9-20)21-10-6-3-7-11-21/h2-12,15-16,22-23,25,35H,13-14,17,29H2,1H3,(H2,30,33)(H,31,36)(H,32,37). The second-order valence-electron chi connectivity index (χ2n) is 9.10. The van der Waals surface area contributed by atoms with Crippen LogP contribution in [-0.2, 0) is 16.1 Å². The number of nitrogens with one attached hydrogen (secondary N) is 2. The highest BCUT2D eigenvalue weighted by Crippen LogP contribution is 2.25. The van der Waals surface area contributed by atoms with Crippen molar-refractivity contribution in [2.75, 3.05) is 0 Å². The van der Waals surface area contributed by atoms with Gasteiger partial charge in [0.2, 0.25) is 11.8 Å². The molecule has 3 aromatic rings. The number of nitrogens with two attached hydrogens (primary N) is 2. The number of aryl methyl sites for hydroxylation is 1. The van der Waals surface area contributed by atoms with Crippen LogP contribution in [0.5, 0.6) is 5.75 Å². The molecule has 0 fully saturated rings. The van der Waals surface area contributed by atoms with Crippen molar-refractivity contribution in [3.8, 4) is 5.75 Å². The first kappa shape index (κ1) is 28.8. The number of carbonyl (C=O) groups is 2. The number of carbonyl (C=O) groups excluding carboxylic acids is 2. The van der Waals surface area contributed by atoms with Crippen LogP contribution in [-0.4, -0.2) is 39.9 Å². The van der Waals surface area contributed by atoms with Crippen molar-refractivity contribution in [1.29, 1.82) is 0 Å². The molecule has 7 N–H and O–H groups in total. The van der Waals surface area contributed by atoms with Gasteiger partial charge in [-0.25, -0.2) is 10.1 Å². The van der Waals surface area contributed by atoms with E-state index < -0.39 is 34.8 Å². The lowest BCUT2D eigenvalue weighted by atomic mass is 9.90. The van der Waals surface area contributed by atoms with E-state index >= 15 is 0 Å². The van der Waals surface area contributed by atoms with Crippen LogP contribution < -0.4 is 22.1 Å². The molecule has 2 unspecified atom stereocenters. The van der Waals surface area contributed by atoms with Gasteiger partial charge in [0.25, 0.3) is 0 Å². The third kappa shape index (κ3) is 8.37. The van der Waals surface area contributed by atoms with Crippen LogP contribution in [0, 0.1) is 17.0 Å². The fraction of sp³-hybridized carbons (Fsp3) is 0.250. The first-order valence-corrected chi connectivity index (χ1v) is 12.4. The average Bonchev–Trinajstić information content (AvgIpc) is 2.92. The van der Waals surface area contributed by atoms with E-state index in [-0.39, 0.29) is 31.0 Å². The van der Waals surface area contributed by atoms with Crippen molar-refractivity contribution in [1.82, 2.24) is 10.6 Å². The maximum absolute atomic E-state index is 13.7. The van der Waals surface area contributed by atoms with E-state index in [0.29, 0.717) is 5.56 Å². The van der Waals surface area contributed by atoms with Gasteiger partial charge in [-0.1, -0.05) is 72.8 Å². The zero-order valence-corrected chi connectivity index (χ0v) is 21.5. The molecular formula is C28H32N6O5. The molecule has 2 amide bonds. The Balaban J connectivity index is 1.82. The molecule has 3 aromatic carbocycles. The number of hydrogen-bond acceptors (Lipinski definition) is 6. The van der Waals surface area contributed by atoms with E-state index in [2.05, 4.69) is 15.7 Å². The number of nitro groups is 1. The van der Waals surface area contributed by atoms with Crippen LogP contribution in [0.2, 0.25) is 0 Å². The van der Waals surface area contributed by atoms with Crippen molar-refractivity contribution in [2.45, 2.75) is 44.3 Å². The molecule has 0 saturated heterocycles. The maximum atomic E-state index is 13.7. The Morgan fingerprint density at radius 1 is 0.974 bits per heavy atom. The Labute approximate surface area is 226 Å². The van der Waals surface area contributed by atoms with E-state index in [1.54, 1.807) is 19.1 Å². The van der Waals surface area contributed by atoms with E-state index in [1.807, 2.05) is 60.7 Å². The van der Waals surface area contributed by atoms with Gasteiger partial charge >= 0.3 is 0 Å². The number of nitrogens with zero attached hydrogens (tertiary/aromatic N) is 2. The topological polar surface area (TPSA) is 186 Å². The second-order valence-corrected chi connectivity index (χ2v) is 9.10. The number of hydrazone groups is 1. The van der Waals surface area contributed by atoms with Crippen molar-refractivity contribution in [2.24, 2.45) is 16.6 Å². The minimum Gasteiger partial charge on any atom is -0.508 e. The number of phenols is 1. The minimum absolute atomic E-state index is 0.0532. The number of phenolic OH excluding ortho intramolecular Hbond substituents is 1. The van der Waals surface area contributed by atoms with Crippen molar-refractivity contribution in [3.05, 3.63) is 111 Å². The summed E-state index contributed by atoms with van der Waals surface area (Å²) in [5.41, 5.74) is 14.5. The molecule has 0 aromatic heterocycles. The number of amidine groups is 1.